The minimum atomic E-state index is -3.67. The van der Waals surface area contributed by atoms with E-state index in [9.17, 15) is 23.1 Å². The summed E-state index contributed by atoms with van der Waals surface area (Å²) < 4.78 is 44.5. The van der Waals surface area contributed by atoms with Crippen LogP contribution in [0.15, 0.2) is 91.0 Å². The SMILES string of the molecule is COc1cc(C(=O)N2CCC(CCN3CCC(Nc4nc5ccccc5n4Cc4ccccc4C(=O)O)CC3)(c3ccccc3)C2)cc(OC)c1OC.CS(=O)(=O)O. The zero-order chi connectivity index (χ0) is 41.5. The van der Waals surface area contributed by atoms with Gasteiger partial charge in [-0.3, -0.25) is 9.35 Å². The van der Waals surface area contributed by atoms with Crippen molar-refractivity contribution in [2.75, 3.05) is 65.6 Å². The Morgan fingerprint density at radius 1 is 0.879 bits per heavy atom. The van der Waals surface area contributed by atoms with Crippen LogP contribution >= 0.6 is 0 Å². The van der Waals surface area contributed by atoms with Crippen LogP contribution in [0.4, 0.5) is 5.95 Å². The van der Waals surface area contributed by atoms with Crippen molar-refractivity contribution in [2.24, 2.45) is 0 Å². The van der Waals surface area contributed by atoms with Crippen molar-refractivity contribution < 1.29 is 41.9 Å². The molecule has 7 rings (SSSR count). The number of benzene rings is 4. The summed E-state index contributed by atoms with van der Waals surface area (Å²) >= 11 is 0. The van der Waals surface area contributed by atoms with Gasteiger partial charge in [0.2, 0.25) is 11.7 Å². The molecule has 2 fully saturated rings. The van der Waals surface area contributed by atoms with Gasteiger partial charge in [0.1, 0.15) is 0 Å². The molecule has 1 aromatic heterocycles. The van der Waals surface area contributed by atoms with E-state index < -0.39 is 16.1 Å². The van der Waals surface area contributed by atoms with E-state index in [-0.39, 0.29) is 17.4 Å². The number of nitrogens with one attached hydrogen (secondary N) is 1. The van der Waals surface area contributed by atoms with Gasteiger partial charge in [0, 0.05) is 43.2 Å². The third-order valence-electron chi connectivity index (χ3n) is 11.0. The van der Waals surface area contributed by atoms with Gasteiger partial charge in [-0.15, -0.1) is 0 Å². The monoisotopic (exact) mass is 813 g/mol. The number of carbonyl (C=O) groups is 2. The highest BCUT2D eigenvalue weighted by Gasteiger charge is 2.42. The molecule has 2 aliphatic heterocycles. The van der Waals surface area contributed by atoms with E-state index in [2.05, 4.69) is 39.0 Å². The highest BCUT2D eigenvalue weighted by atomic mass is 32.2. The standard InChI is InChI=1S/C42H47N5O6.CH4O3S/c1-51-36-25-30(26-37(52-2)38(36)53-3)39(48)46-24-20-42(28-46,31-12-5-4-6-13-31)19-23-45-21-17-32(18-22-45)43-41-44-34-15-9-10-16-35(34)47(41)27-29-11-7-8-14-33(29)40(49)50;1-5(2,3)4/h4-16,25-26,32H,17-24,27-28H2,1-3H3,(H,43,44)(H,49,50);1H3,(H,2,3,4). The van der Waals surface area contributed by atoms with E-state index in [1.165, 1.54) is 5.56 Å². The average Bonchev–Trinajstić information content (AvgIpc) is 3.81. The molecule has 4 aromatic carbocycles. The van der Waals surface area contributed by atoms with Gasteiger partial charge in [0.25, 0.3) is 16.0 Å². The van der Waals surface area contributed by atoms with Crippen molar-refractivity contribution in [1.82, 2.24) is 19.4 Å². The summed E-state index contributed by atoms with van der Waals surface area (Å²) in [5, 5.41) is 13.5. The number of anilines is 1. The number of carboxylic acids is 1. The molecule has 0 spiro atoms. The first-order valence-corrected chi connectivity index (χ1v) is 21.0. The van der Waals surface area contributed by atoms with Crippen LogP contribution in [0.5, 0.6) is 17.2 Å². The van der Waals surface area contributed by atoms with Gasteiger partial charge in [0.15, 0.2) is 11.5 Å². The number of aromatic carboxylic acids is 1. The number of nitrogens with zero attached hydrogens (tertiary/aromatic N) is 4. The molecule has 3 N–H and O–H groups in total. The fraction of sp³-hybridized carbons (Fsp3) is 0.372. The predicted octanol–water partition coefficient (Wildman–Crippen LogP) is 6.06. The Balaban J connectivity index is 0.00000107. The molecule has 1 amide bonds. The van der Waals surface area contributed by atoms with Crippen molar-refractivity contribution in [3.8, 4) is 17.2 Å². The average molecular weight is 814 g/mol. The number of carboxylic acid groups (broad SMARTS) is 1. The molecule has 1 unspecified atom stereocenters. The number of imidazole rings is 1. The minimum absolute atomic E-state index is 0.0496. The fourth-order valence-electron chi connectivity index (χ4n) is 8.05. The Morgan fingerprint density at radius 3 is 2.14 bits per heavy atom. The van der Waals surface area contributed by atoms with Crippen molar-refractivity contribution in [3.63, 3.8) is 0 Å². The van der Waals surface area contributed by atoms with Crippen molar-refractivity contribution >= 4 is 39.0 Å². The largest absolute Gasteiger partial charge is 0.493 e. The van der Waals surface area contributed by atoms with E-state index >= 15 is 0 Å². The summed E-state index contributed by atoms with van der Waals surface area (Å²) in [6.45, 7) is 4.51. The Kier molecular flexibility index (Phi) is 13.2. The zero-order valence-corrected chi connectivity index (χ0v) is 34.1. The van der Waals surface area contributed by atoms with Crippen LogP contribution < -0.4 is 19.5 Å². The molecule has 58 heavy (non-hydrogen) atoms. The summed E-state index contributed by atoms with van der Waals surface area (Å²) in [7, 11) is 1.00. The lowest BCUT2D eigenvalue weighted by Crippen LogP contribution is -2.42. The second-order valence-electron chi connectivity index (χ2n) is 14.8. The Labute approximate surface area is 339 Å². The van der Waals surface area contributed by atoms with Crippen molar-refractivity contribution in [2.45, 2.75) is 43.7 Å². The van der Waals surface area contributed by atoms with Crippen LogP contribution in [-0.2, 0) is 22.1 Å². The quantitative estimate of drug-likeness (QED) is 0.118. The van der Waals surface area contributed by atoms with Gasteiger partial charge in [-0.25, -0.2) is 9.78 Å². The highest BCUT2D eigenvalue weighted by molar-refractivity contribution is 7.85. The predicted molar refractivity (Wildman–Crippen MR) is 222 cm³/mol. The summed E-state index contributed by atoms with van der Waals surface area (Å²) in [6, 6.07) is 29.5. The first kappa shape index (κ1) is 42.0. The molecule has 5 aromatic rings. The lowest BCUT2D eigenvalue weighted by Gasteiger charge is -2.36. The first-order valence-electron chi connectivity index (χ1n) is 19.1. The third-order valence-corrected chi connectivity index (χ3v) is 11.0. The number of hydrogen-bond donors (Lipinski definition) is 3. The van der Waals surface area contributed by atoms with Gasteiger partial charge < -0.3 is 39.0 Å². The number of piperidine rings is 1. The molecular weight excluding hydrogens is 763 g/mol. The molecule has 2 saturated heterocycles. The zero-order valence-electron chi connectivity index (χ0n) is 33.3. The summed E-state index contributed by atoms with van der Waals surface area (Å²) in [5.41, 5.74) is 4.49. The van der Waals surface area contributed by atoms with E-state index in [0.29, 0.717) is 54.3 Å². The smallest absolute Gasteiger partial charge is 0.336 e. The number of aromatic nitrogens is 2. The van der Waals surface area contributed by atoms with Crippen molar-refractivity contribution in [3.05, 3.63) is 113 Å². The lowest BCUT2D eigenvalue weighted by molar-refractivity contribution is 0.0694. The Morgan fingerprint density at radius 2 is 1.50 bits per heavy atom. The molecule has 15 heteroatoms. The number of para-hydroxylation sites is 2. The van der Waals surface area contributed by atoms with Crippen LogP contribution in [0, 0.1) is 0 Å². The fourth-order valence-corrected chi connectivity index (χ4v) is 8.05. The highest BCUT2D eigenvalue weighted by Crippen LogP contribution is 2.41. The molecular formula is C43H51N5O9S. The van der Waals surface area contributed by atoms with Crippen LogP contribution in [0.25, 0.3) is 11.0 Å². The van der Waals surface area contributed by atoms with Gasteiger partial charge in [-0.05, 0) is 73.7 Å². The normalized spacial score (nSPS) is 17.4. The molecule has 0 saturated carbocycles. The summed E-state index contributed by atoms with van der Waals surface area (Å²) in [4.78, 5) is 35.4. The molecule has 2 aliphatic rings. The molecule has 0 radical (unpaired) electrons. The van der Waals surface area contributed by atoms with E-state index in [4.69, 9.17) is 23.7 Å². The number of likely N-dealkylation sites (tertiary alicyclic amines) is 2. The molecule has 0 bridgehead atoms. The van der Waals surface area contributed by atoms with E-state index in [1.54, 1.807) is 45.6 Å². The third kappa shape index (κ3) is 9.89. The molecule has 1 atom stereocenters. The van der Waals surface area contributed by atoms with Crippen LogP contribution in [-0.4, -0.2) is 116 Å². The minimum Gasteiger partial charge on any atom is -0.493 e. The molecule has 3 heterocycles. The summed E-state index contributed by atoms with van der Waals surface area (Å²) in [5.74, 6) is 1.16. The van der Waals surface area contributed by atoms with Gasteiger partial charge in [-0.1, -0.05) is 60.7 Å². The van der Waals surface area contributed by atoms with Crippen molar-refractivity contribution in [1.29, 1.82) is 0 Å². The Hall–Kier alpha value is -5.64. The number of fused-ring (bicyclic) bond motifs is 1. The number of carbonyl (C=O) groups excluding carboxylic acids is 1. The first-order chi connectivity index (χ1) is 27.8. The molecule has 308 valence electrons. The van der Waals surface area contributed by atoms with Crippen LogP contribution in [0.3, 0.4) is 0 Å². The van der Waals surface area contributed by atoms with E-state index in [0.717, 1.165) is 67.9 Å². The topological polar surface area (TPSA) is 173 Å². The van der Waals surface area contributed by atoms with E-state index in [1.807, 2.05) is 47.4 Å². The Bertz CT molecular complexity index is 2290. The number of hydrogen-bond acceptors (Lipinski definition) is 10. The van der Waals surface area contributed by atoms with Gasteiger partial charge in [0.05, 0.1) is 50.7 Å². The number of ether oxygens (including phenoxy) is 3. The van der Waals surface area contributed by atoms with Crippen LogP contribution in [0.2, 0.25) is 0 Å². The molecule has 14 nitrogen and oxygen atoms in total. The summed E-state index contributed by atoms with van der Waals surface area (Å²) in [6.07, 6.45) is 4.45. The maximum atomic E-state index is 13.9. The lowest BCUT2D eigenvalue weighted by atomic mass is 9.76. The maximum absolute atomic E-state index is 13.9. The number of amides is 1. The van der Waals surface area contributed by atoms with Gasteiger partial charge >= 0.3 is 5.97 Å². The second kappa shape index (κ2) is 18.3. The molecule has 0 aliphatic carbocycles. The van der Waals surface area contributed by atoms with Gasteiger partial charge in [-0.2, -0.15) is 8.42 Å². The number of rotatable bonds is 13. The van der Waals surface area contributed by atoms with Crippen LogP contribution in [0.1, 0.15) is 57.5 Å². The maximum Gasteiger partial charge on any atom is 0.336 e. The number of methoxy groups -OCH3 is 3. The second-order valence-corrected chi connectivity index (χ2v) is 16.2.